The molecule has 5 aromatic rings. The Hall–Kier alpha value is -7.56. The summed E-state index contributed by atoms with van der Waals surface area (Å²) < 4.78 is 88.2. The van der Waals surface area contributed by atoms with Crippen molar-refractivity contribution in [3.63, 3.8) is 0 Å². The van der Waals surface area contributed by atoms with Crippen LogP contribution in [0.25, 0.3) is 11.1 Å². The lowest BCUT2D eigenvalue weighted by Gasteiger charge is -2.22. The van der Waals surface area contributed by atoms with Crippen LogP contribution in [0.5, 0.6) is 5.75 Å². The first-order valence-electron chi connectivity index (χ1n) is 20.7. The number of carbonyl (C=O) groups excluding carboxylic acids is 4. The van der Waals surface area contributed by atoms with Gasteiger partial charge in [0.2, 0.25) is 11.8 Å². The van der Waals surface area contributed by atoms with Crippen molar-refractivity contribution in [2.45, 2.75) is 73.2 Å². The SMILES string of the molecule is CCC(=O)NN/C(C)=C1\C(=O)N(c2cc(C)cc(C)c2)c2cc(C(F)(F)F)c(Cc3cc(C)cc(N4C(=O)/C(=C(/C)NNC(=O)Cc5ccc(O)cc5)c5ccc(C(F)(F)F)cc54)c3)cc21. The first-order chi connectivity index (χ1) is 31.0. The summed E-state index contributed by atoms with van der Waals surface area (Å²) in [7, 11) is 0. The number of fused-ring (bicyclic) bond motifs is 2. The number of hydrogen-bond acceptors (Lipinski definition) is 7. The van der Waals surface area contributed by atoms with E-state index in [1.165, 1.54) is 49.1 Å². The molecule has 5 aromatic carbocycles. The predicted octanol–water partition coefficient (Wildman–Crippen LogP) is 9.66. The summed E-state index contributed by atoms with van der Waals surface area (Å²) in [6.45, 7) is 9.81. The minimum Gasteiger partial charge on any atom is -0.508 e. The van der Waals surface area contributed by atoms with Crippen LogP contribution in [-0.4, -0.2) is 28.7 Å². The summed E-state index contributed by atoms with van der Waals surface area (Å²) in [6.07, 6.45) is -10.1. The molecule has 0 bridgehead atoms. The third-order valence-corrected chi connectivity index (χ3v) is 11.1. The van der Waals surface area contributed by atoms with Crippen LogP contribution in [0, 0.1) is 20.8 Å². The van der Waals surface area contributed by atoms with E-state index in [-0.39, 0.29) is 80.4 Å². The highest BCUT2D eigenvalue weighted by Gasteiger charge is 2.42. The van der Waals surface area contributed by atoms with Crippen LogP contribution in [0.2, 0.25) is 0 Å². The molecule has 342 valence electrons. The lowest BCUT2D eigenvalue weighted by atomic mass is 9.93. The number of phenols is 1. The van der Waals surface area contributed by atoms with Crippen LogP contribution in [0.15, 0.2) is 102 Å². The highest BCUT2D eigenvalue weighted by atomic mass is 19.4. The normalized spacial score (nSPS) is 15.1. The number of benzene rings is 5. The minimum atomic E-state index is -4.93. The van der Waals surface area contributed by atoms with Crippen molar-refractivity contribution in [3.8, 4) is 5.75 Å². The Labute approximate surface area is 375 Å². The molecule has 5 N–H and O–H groups in total. The molecule has 7 rings (SSSR count). The maximum Gasteiger partial charge on any atom is 0.416 e. The second kappa shape index (κ2) is 17.8. The van der Waals surface area contributed by atoms with Gasteiger partial charge in [-0.05, 0) is 135 Å². The zero-order chi connectivity index (χ0) is 48.0. The van der Waals surface area contributed by atoms with Gasteiger partial charge in [-0.3, -0.25) is 39.8 Å². The maximum atomic E-state index is 15.2. The van der Waals surface area contributed by atoms with E-state index in [2.05, 4.69) is 21.7 Å². The Morgan fingerprint density at radius 1 is 0.591 bits per heavy atom. The summed E-state index contributed by atoms with van der Waals surface area (Å²) in [5, 5.41) is 9.56. The van der Waals surface area contributed by atoms with Crippen LogP contribution >= 0.6 is 0 Å². The molecule has 17 heteroatoms. The van der Waals surface area contributed by atoms with E-state index in [4.69, 9.17) is 0 Å². The molecule has 2 aliphatic rings. The molecular formula is C49H44F6N6O5. The number of carbonyl (C=O) groups is 4. The van der Waals surface area contributed by atoms with Crippen LogP contribution in [0.4, 0.5) is 49.1 Å². The van der Waals surface area contributed by atoms with Crippen LogP contribution in [0.3, 0.4) is 0 Å². The topological polar surface area (TPSA) is 143 Å². The number of aromatic hydroxyl groups is 1. The molecule has 0 saturated heterocycles. The lowest BCUT2D eigenvalue weighted by molar-refractivity contribution is -0.138. The van der Waals surface area contributed by atoms with E-state index in [1.54, 1.807) is 58.0 Å². The molecule has 0 fully saturated rings. The van der Waals surface area contributed by atoms with Gasteiger partial charge in [-0.25, -0.2) is 0 Å². The summed E-state index contributed by atoms with van der Waals surface area (Å²) in [6, 6.07) is 20.6. The third-order valence-electron chi connectivity index (χ3n) is 11.1. The summed E-state index contributed by atoms with van der Waals surface area (Å²) in [5.74, 6) is -2.32. The number of phenolic OH excluding ortho intramolecular Hbond substituents is 1. The number of allylic oxidation sites excluding steroid dienone is 2. The molecule has 66 heavy (non-hydrogen) atoms. The summed E-state index contributed by atoms with van der Waals surface area (Å²) >= 11 is 0. The fourth-order valence-electron chi connectivity index (χ4n) is 8.20. The van der Waals surface area contributed by atoms with Gasteiger partial charge in [0, 0.05) is 40.3 Å². The second-order valence-corrected chi connectivity index (χ2v) is 16.3. The number of nitrogens with one attached hydrogen (secondary N) is 4. The Morgan fingerprint density at radius 2 is 1.12 bits per heavy atom. The molecule has 2 aliphatic heterocycles. The van der Waals surface area contributed by atoms with E-state index < -0.39 is 53.5 Å². The van der Waals surface area contributed by atoms with E-state index in [0.717, 1.165) is 40.3 Å². The number of anilines is 4. The Bertz CT molecular complexity index is 2870. The van der Waals surface area contributed by atoms with E-state index in [1.807, 2.05) is 6.07 Å². The van der Waals surface area contributed by atoms with Crippen molar-refractivity contribution >= 4 is 57.5 Å². The van der Waals surface area contributed by atoms with Crippen molar-refractivity contribution in [1.82, 2.24) is 21.7 Å². The molecule has 0 atom stereocenters. The molecule has 0 spiro atoms. The van der Waals surface area contributed by atoms with Crippen LogP contribution in [0.1, 0.15) is 82.8 Å². The van der Waals surface area contributed by atoms with E-state index in [0.29, 0.717) is 16.8 Å². The first kappa shape index (κ1) is 46.4. The van der Waals surface area contributed by atoms with Gasteiger partial charge >= 0.3 is 12.4 Å². The minimum absolute atomic E-state index is 0.00804. The quantitative estimate of drug-likeness (QED) is 0.0505. The van der Waals surface area contributed by atoms with Crippen molar-refractivity contribution < 1.29 is 50.6 Å². The van der Waals surface area contributed by atoms with Gasteiger partial charge in [-0.2, -0.15) is 26.3 Å². The van der Waals surface area contributed by atoms with Crippen molar-refractivity contribution in [3.05, 3.63) is 158 Å². The fourth-order valence-corrected chi connectivity index (χ4v) is 8.20. The molecular weight excluding hydrogens is 867 g/mol. The number of halogens is 6. The average molecular weight is 911 g/mol. The predicted molar refractivity (Wildman–Crippen MR) is 237 cm³/mol. The number of rotatable bonds is 11. The van der Waals surface area contributed by atoms with Gasteiger partial charge in [0.15, 0.2) is 0 Å². The van der Waals surface area contributed by atoms with Crippen LogP contribution in [-0.2, 0) is 44.4 Å². The number of alkyl halides is 6. The number of hydrogen-bond donors (Lipinski definition) is 5. The van der Waals surface area contributed by atoms with Crippen molar-refractivity contribution in [2.75, 3.05) is 9.80 Å². The molecule has 0 saturated carbocycles. The smallest absolute Gasteiger partial charge is 0.416 e. The molecule has 4 amide bonds. The number of nitrogens with zero attached hydrogens (tertiary/aromatic N) is 2. The second-order valence-electron chi connectivity index (χ2n) is 16.3. The van der Waals surface area contributed by atoms with Gasteiger partial charge in [-0.1, -0.05) is 37.3 Å². The Kier molecular flexibility index (Phi) is 12.5. The first-order valence-corrected chi connectivity index (χ1v) is 20.7. The maximum absolute atomic E-state index is 15.2. The fraction of sp³-hybridized carbons (Fsp3) is 0.224. The molecule has 0 aromatic heterocycles. The highest BCUT2D eigenvalue weighted by molar-refractivity contribution is 6.36. The Balaban J connectivity index is 1.31. The van der Waals surface area contributed by atoms with Gasteiger partial charge < -0.3 is 16.0 Å². The van der Waals surface area contributed by atoms with Crippen molar-refractivity contribution in [1.29, 1.82) is 0 Å². The van der Waals surface area contributed by atoms with Gasteiger partial charge in [0.05, 0.1) is 40.1 Å². The number of hydrazine groups is 2. The standard InChI is InChI=1S/C49H44F6N6O5/c1-7-42(63)58-56-29(6)45-38-22-32(39(49(53,54)55)24-41(38)60(47(45)66)34-16-25(2)14-26(3)17-34)19-31-15-27(4)18-35(20-31)61-40-23-33(48(50,51)52)10-13-37(40)44(46(61)65)28(5)57-59-43(64)21-30-8-11-36(62)12-9-30/h8-18,20,22-24,56-57,62H,7,19,21H2,1-6H3,(H,58,63)(H,59,64)/b44-28-,45-29-. The monoisotopic (exact) mass is 910 g/mol. The summed E-state index contributed by atoms with van der Waals surface area (Å²) in [5.41, 5.74) is 11.6. The Morgan fingerprint density at radius 3 is 1.68 bits per heavy atom. The average Bonchev–Trinajstić information content (AvgIpc) is 3.69. The number of amides is 4. The summed E-state index contributed by atoms with van der Waals surface area (Å²) in [4.78, 5) is 56.0. The van der Waals surface area contributed by atoms with Gasteiger partial charge in [0.25, 0.3) is 11.8 Å². The van der Waals surface area contributed by atoms with E-state index in [9.17, 15) is 37.5 Å². The highest BCUT2D eigenvalue weighted by Crippen LogP contribution is 2.49. The van der Waals surface area contributed by atoms with Crippen LogP contribution < -0.4 is 31.5 Å². The largest absolute Gasteiger partial charge is 0.508 e. The molecule has 0 unspecified atom stereocenters. The third kappa shape index (κ3) is 9.46. The number of aryl methyl sites for hydroxylation is 3. The molecule has 2 heterocycles. The van der Waals surface area contributed by atoms with Gasteiger partial charge in [0.1, 0.15) is 5.75 Å². The molecule has 0 radical (unpaired) electrons. The van der Waals surface area contributed by atoms with E-state index >= 15 is 13.2 Å². The zero-order valence-electron chi connectivity index (χ0n) is 36.5. The van der Waals surface area contributed by atoms with Crippen molar-refractivity contribution in [2.24, 2.45) is 0 Å². The molecule has 0 aliphatic carbocycles. The lowest BCUT2D eigenvalue weighted by Crippen LogP contribution is -2.38. The van der Waals surface area contributed by atoms with Gasteiger partial charge in [-0.15, -0.1) is 0 Å². The zero-order valence-corrected chi connectivity index (χ0v) is 36.5. The molecule has 11 nitrogen and oxygen atoms in total.